The highest BCUT2D eigenvalue weighted by Gasteiger charge is 2.31. The van der Waals surface area contributed by atoms with Crippen molar-refractivity contribution in [1.82, 2.24) is 9.38 Å². The van der Waals surface area contributed by atoms with Gasteiger partial charge in [-0.25, -0.2) is 4.98 Å². The monoisotopic (exact) mass is 436 g/mol. The Morgan fingerprint density at radius 2 is 2.07 bits per heavy atom. The van der Waals surface area contributed by atoms with Crippen LogP contribution in [0.1, 0.15) is 25.0 Å². The maximum atomic E-state index is 12.6. The molecule has 2 heterocycles. The zero-order valence-corrected chi connectivity index (χ0v) is 17.6. The van der Waals surface area contributed by atoms with E-state index in [0.717, 1.165) is 36.3 Å². The topological polar surface area (TPSA) is 81.7 Å². The SMILES string of the molecule is Cl.Cl.NC[C@H]1CCC[C@H]1C(=O)Nc1cccc(OCc2cn3ccccc3n2)c1. The minimum atomic E-state index is 0. The summed E-state index contributed by atoms with van der Waals surface area (Å²) in [5, 5.41) is 3.01. The maximum Gasteiger partial charge on any atom is 0.227 e. The van der Waals surface area contributed by atoms with E-state index in [1.54, 1.807) is 0 Å². The van der Waals surface area contributed by atoms with E-state index in [9.17, 15) is 4.79 Å². The molecule has 2 atom stereocenters. The Balaban J connectivity index is 0.00000150. The molecular weight excluding hydrogens is 411 g/mol. The average Bonchev–Trinajstić information content (AvgIpc) is 3.33. The van der Waals surface area contributed by atoms with Crippen LogP contribution in [0.5, 0.6) is 5.75 Å². The third-order valence-electron chi connectivity index (χ3n) is 5.20. The van der Waals surface area contributed by atoms with E-state index in [-0.39, 0.29) is 36.6 Å². The van der Waals surface area contributed by atoms with E-state index in [4.69, 9.17) is 10.5 Å². The highest BCUT2D eigenvalue weighted by atomic mass is 35.5. The number of pyridine rings is 1. The molecule has 3 aromatic rings. The molecule has 1 fully saturated rings. The number of nitrogens with zero attached hydrogens (tertiary/aromatic N) is 2. The van der Waals surface area contributed by atoms with E-state index in [2.05, 4.69) is 10.3 Å². The van der Waals surface area contributed by atoms with Crippen molar-refractivity contribution in [2.24, 2.45) is 17.6 Å². The number of hydrogen-bond donors (Lipinski definition) is 2. The maximum absolute atomic E-state index is 12.6. The van der Waals surface area contributed by atoms with E-state index in [1.807, 2.05) is 59.3 Å². The molecule has 1 amide bonds. The number of nitrogens with one attached hydrogen (secondary N) is 1. The number of hydrogen-bond acceptors (Lipinski definition) is 4. The lowest BCUT2D eigenvalue weighted by Gasteiger charge is -2.17. The van der Waals surface area contributed by atoms with Crippen molar-refractivity contribution in [1.29, 1.82) is 0 Å². The van der Waals surface area contributed by atoms with Gasteiger partial charge in [0.15, 0.2) is 0 Å². The Labute approximate surface area is 182 Å². The van der Waals surface area contributed by atoms with Crippen LogP contribution in [-0.2, 0) is 11.4 Å². The van der Waals surface area contributed by atoms with Gasteiger partial charge >= 0.3 is 0 Å². The van der Waals surface area contributed by atoms with Crippen molar-refractivity contribution >= 4 is 42.1 Å². The number of aromatic nitrogens is 2. The number of rotatable bonds is 6. The molecule has 1 saturated carbocycles. The average molecular weight is 437 g/mol. The molecule has 0 radical (unpaired) electrons. The first-order valence-corrected chi connectivity index (χ1v) is 9.39. The third-order valence-corrected chi connectivity index (χ3v) is 5.20. The number of carbonyl (C=O) groups excluding carboxylic acids is 1. The Hall–Kier alpha value is -2.28. The highest BCUT2D eigenvalue weighted by Crippen LogP contribution is 2.32. The van der Waals surface area contributed by atoms with Gasteiger partial charge in [-0.1, -0.05) is 18.6 Å². The molecule has 3 N–H and O–H groups in total. The van der Waals surface area contributed by atoms with Crippen LogP contribution < -0.4 is 15.8 Å². The van der Waals surface area contributed by atoms with Gasteiger partial charge in [0.1, 0.15) is 18.0 Å². The number of carbonyl (C=O) groups is 1. The molecule has 0 spiro atoms. The number of benzene rings is 1. The number of amides is 1. The molecule has 0 bridgehead atoms. The summed E-state index contributed by atoms with van der Waals surface area (Å²) in [5.74, 6) is 1.06. The van der Waals surface area contributed by atoms with Gasteiger partial charge in [0.05, 0.1) is 5.69 Å². The first-order valence-electron chi connectivity index (χ1n) is 9.39. The van der Waals surface area contributed by atoms with E-state index in [1.165, 1.54) is 0 Å². The van der Waals surface area contributed by atoms with Gasteiger partial charge in [0, 0.05) is 30.1 Å². The second kappa shape index (κ2) is 10.5. The Bertz CT molecular complexity index is 914. The predicted molar refractivity (Wildman–Crippen MR) is 119 cm³/mol. The third kappa shape index (κ3) is 5.41. The van der Waals surface area contributed by atoms with Crippen LogP contribution in [0, 0.1) is 11.8 Å². The molecule has 156 valence electrons. The molecule has 2 aromatic heterocycles. The van der Waals surface area contributed by atoms with Crippen molar-refractivity contribution in [2.45, 2.75) is 25.9 Å². The van der Waals surface area contributed by atoms with Gasteiger partial charge in [-0.2, -0.15) is 0 Å². The van der Waals surface area contributed by atoms with Gasteiger partial charge in [-0.3, -0.25) is 4.79 Å². The van der Waals surface area contributed by atoms with Crippen molar-refractivity contribution in [3.05, 3.63) is 60.6 Å². The van der Waals surface area contributed by atoms with Crippen LogP contribution in [0.25, 0.3) is 5.65 Å². The smallest absolute Gasteiger partial charge is 0.227 e. The second-order valence-electron chi connectivity index (χ2n) is 7.04. The van der Waals surface area contributed by atoms with Gasteiger partial charge in [-0.05, 0) is 49.6 Å². The fourth-order valence-electron chi connectivity index (χ4n) is 3.78. The van der Waals surface area contributed by atoms with Gasteiger partial charge in [0.25, 0.3) is 0 Å². The number of anilines is 1. The van der Waals surface area contributed by atoms with Crippen LogP contribution >= 0.6 is 24.8 Å². The summed E-state index contributed by atoms with van der Waals surface area (Å²) in [6, 6.07) is 13.4. The second-order valence-corrected chi connectivity index (χ2v) is 7.04. The quantitative estimate of drug-likeness (QED) is 0.609. The lowest BCUT2D eigenvalue weighted by atomic mass is 9.95. The Morgan fingerprint density at radius 3 is 2.86 bits per heavy atom. The zero-order chi connectivity index (χ0) is 18.6. The molecule has 0 saturated heterocycles. The number of nitrogens with two attached hydrogens (primary N) is 1. The zero-order valence-electron chi connectivity index (χ0n) is 16.0. The molecule has 29 heavy (non-hydrogen) atoms. The summed E-state index contributed by atoms with van der Waals surface area (Å²) in [5.41, 5.74) is 8.29. The van der Waals surface area contributed by atoms with Crippen LogP contribution in [0.3, 0.4) is 0 Å². The standard InChI is InChI=1S/C21H24N4O2.2ClH/c22-12-15-5-3-8-19(15)21(26)24-16-6-4-7-18(11-16)27-14-17-13-25-10-2-1-9-20(25)23-17;;/h1-2,4,6-7,9-11,13,15,19H,3,5,8,12,14,22H2,(H,24,26);2*1H/t15-,19-;;/m1../s1. The Kier molecular flexibility index (Phi) is 8.32. The van der Waals surface area contributed by atoms with E-state index < -0.39 is 0 Å². The first-order chi connectivity index (χ1) is 13.2. The number of imidazole rings is 1. The minimum absolute atomic E-state index is 0. The lowest BCUT2D eigenvalue weighted by molar-refractivity contribution is -0.120. The molecule has 1 aromatic carbocycles. The number of fused-ring (bicyclic) bond motifs is 1. The van der Waals surface area contributed by atoms with Gasteiger partial charge in [0.2, 0.25) is 5.91 Å². The largest absolute Gasteiger partial charge is 0.487 e. The summed E-state index contributed by atoms with van der Waals surface area (Å²) in [7, 11) is 0. The van der Waals surface area contributed by atoms with Crippen molar-refractivity contribution < 1.29 is 9.53 Å². The summed E-state index contributed by atoms with van der Waals surface area (Å²) in [6.07, 6.45) is 6.93. The molecule has 1 aliphatic rings. The fourth-order valence-corrected chi connectivity index (χ4v) is 3.78. The molecule has 0 unspecified atom stereocenters. The van der Waals surface area contributed by atoms with Crippen LogP contribution in [0.2, 0.25) is 0 Å². The molecular formula is C21H26Cl2N4O2. The molecule has 1 aliphatic carbocycles. The molecule has 0 aliphatic heterocycles. The molecule has 8 heteroatoms. The Morgan fingerprint density at radius 1 is 1.21 bits per heavy atom. The summed E-state index contributed by atoms with van der Waals surface area (Å²) >= 11 is 0. The summed E-state index contributed by atoms with van der Waals surface area (Å²) in [4.78, 5) is 17.1. The fraction of sp³-hybridized carbons (Fsp3) is 0.333. The number of ether oxygens (including phenoxy) is 1. The first kappa shape index (κ1) is 23.0. The summed E-state index contributed by atoms with van der Waals surface area (Å²) < 4.78 is 7.83. The predicted octanol–water partition coefficient (Wildman–Crippen LogP) is 4.07. The number of halogens is 2. The van der Waals surface area contributed by atoms with Gasteiger partial charge < -0.3 is 20.2 Å². The normalized spacial score (nSPS) is 18.0. The molecule has 6 nitrogen and oxygen atoms in total. The van der Waals surface area contributed by atoms with Crippen molar-refractivity contribution in [2.75, 3.05) is 11.9 Å². The van der Waals surface area contributed by atoms with Crippen molar-refractivity contribution in [3.63, 3.8) is 0 Å². The summed E-state index contributed by atoms with van der Waals surface area (Å²) in [6.45, 7) is 0.942. The van der Waals surface area contributed by atoms with Crippen molar-refractivity contribution in [3.8, 4) is 5.75 Å². The van der Waals surface area contributed by atoms with E-state index in [0.29, 0.717) is 24.8 Å². The molecule has 4 rings (SSSR count). The lowest BCUT2D eigenvalue weighted by Crippen LogP contribution is -2.29. The highest BCUT2D eigenvalue weighted by molar-refractivity contribution is 5.93. The van der Waals surface area contributed by atoms with Crippen LogP contribution in [-0.4, -0.2) is 21.8 Å². The van der Waals surface area contributed by atoms with Crippen LogP contribution in [0.15, 0.2) is 54.9 Å². The van der Waals surface area contributed by atoms with Crippen LogP contribution in [0.4, 0.5) is 5.69 Å². The van der Waals surface area contributed by atoms with E-state index >= 15 is 0 Å². The minimum Gasteiger partial charge on any atom is -0.487 e. The van der Waals surface area contributed by atoms with Gasteiger partial charge in [-0.15, -0.1) is 24.8 Å².